The molecule has 0 fully saturated rings. The highest BCUT2D eigenvalue weighted by atomic mass is 31.2. The van der Waals surface area contributed by atoms with Gasteiger partial charge in [-0.15, -0.1) is 0 Å². The van der Waals surface area contributed by atoms with Crippen LogP contribution in [0.15, 0.2) is 12.8 Å². The molecule has 0 aromatic rings. The Morgan fingerprint density at radius 2 is 1.73 bits per heavy atom. The van der Waals surface area contributed by atoms with Crippen LogP contribution in [0.3, 0.4) is 0 Å². The Bertz CT molecular complexity index is 165. The normalized spacial score (nSPS) is 9.91. The summed E-state index contributed by atoms with van der Waals surface area (Å²) in [6, 6.07) is 0. The summed E-state index contributed by atoms with van der Waals surface area (Å²) in [5.74, 6) is 0. The molecule has 0 spiro atoms. The average molecular weight is 206 g/mol. The van der Waals surface area contributed by atoms with Gasteiger partial charge in [-0.05, 0) is 0 Å². The highest BCUT2D eigenvalue weighted by Crippen LogP contribution is 2.35. The maximum absolute atomic E-state index is 9.63. The van der Waals surface area contributed by atoms with Gasteiger partial charge in [-0.25, -0.2) is 4.57 Å². The van der Waals surface area contributed by atoms with E-state index in [1.54, 1.807) is 0 Å². The zero-order valence-electron chi connectivity index (χ0n) is 5.25. The Morgan fingerprint density at radius 1 is 1.45 bits per heavy atom. The molecule has 9 heteroatoms. The van der Waals surface area contributed by atoms with Crippen LogP contribution < -0.4 is 0 Å². The zero-order chi connectivity index (χ0) is 9.49. The summed E-state index contributed by atoms with van der Waals surface area (Å²) < 4.78 is 22.0. The van der Waals surface area contributed by atoms with Crippen molar-refractivity contribution < 1.29 is 33.2 Å². The predicted molar refractivity (Wildman–Crippen MR) is 36.8 cm³/mol. The van der Waals surface area contributed by atoms with Crippen molar-refractivity contribution in [1.29, 1.82) is 0 Å². The Hall–Kier alpha value is -0.160. The van der Waals surface area contributed by atoms with Crippen molar-refractivity contribution in [3.8, 4) is 0 Å². The van der Waals surface area contributed by atoms with E-state index in [9.17, 15) is 4.57 Å². The first-order valence-electron chi connectivity index (χ1n) is 2.06. The molecule has 0 atom stereocenters. The fourth-order valence-electron chi connectivity index (χ4n) is 0.0971. The second-order valence-corrected chi connectivity index (χ2v) is 2.80. The molecule has 4 N–H and O–H groups in total. The molecule has 0 radical (unpaired) electrons. The van der Waals surface area contributed by atoms with Crippen molar-refractivity contribution in [2.75, 3.05) is 0 Å². The van der Waals surface area contributed by atoms with Gasteiger partial charge in [0.05, 0.1) is 6.26 Å². The minimum Gasteiger partial charge on any atom is -0.413 e. The van der Waals surface area contributed by atoms with E-state index in [0.717, 1.165) is 0 Å². The summed E-state index contributed by atoms with van der Waals surface area (Å²) in [6.07, 6.45) is 0.695. The number of hydrogen-bond acceptors (Lipinski definition) is 3. The van der Waals surface area contributed by atoms with Gasteiger partial charge < -0.3 is 14.3 Å². The van der Waals surface area contributed by atoms with E-state index in [2.05, 4.69) is 11.1 Å². The molecular weight excluding hydrogens is 198 g/mol. The summed E-state index contributed by atoms with van der Waals surface area (Å²) in [4.78, 5) is 30.0. The van der Waals surface area contributed by atoms with Crippen LogP contribution >= 0.6 is 16.1 Å². The molecular formula is C2H8O7P2. The van der Waals surface area contributed by atoms with E-state index in [0.29, 0.717) is 6.26 Å². The molecule has 0 aromatic carbocycles. The molecule has 11 heavy (non-hydrogen) atoms. The number of phosphoric acid groups is 1. The average Bonchev–Trinajstić information content (AvgIpc) is 1.58. The maximum Gasteiger partial charge on any atom is 0.524 e. The summed E-state index contributed by atoms with van der Waals surface area (Å²) in [6.45, 7) is 2.93. The molecule has 0 bridgehead atoms. The third kappa shape index (κ3) is 41.0. The van der Waals surface area contributed by atoms with Crippen molar-refractivity contribution in [1.82, 2.24) is 0 Å². The van der Waals surface area contributed by atoms with Crippen LogP contribution in [0.5, 0.6) is 0 Å². The van der Waals surface area contributed by atoms with E-state index in [4.69, 9.17) is 24.1 Å². The van der Waals surface area contributed by atoms with Crippen LogP contribution in [-0.2, 0) is 13.7 Å². The number of phosphoric ester groups is 1. The van der Waals surface area contributed by atoms with Gasteiger partial charge in [-0.2, -0.15) is 0 Å². The summed E-state index contributed by atoms with van der Waals surface area (Å²) >= 11 is 0. The smallest absolute Gasteiger partial charge is 0.413 e. The second-order valence-electron chi connectivity index (χ2n) is 1.05. The van der Waals surface area contributed by atoms with Gasteiger partial charge in [0.2, 0.25) is 0 Å². The van der Waals surface area contributed by atoms with E-state index in [-0.39, 0.29) is 0 Å². The minimum absolute atomic E-state index is 0.695. The van der Waals surface area contributed by atoms with Crippen molar-refractivity contribution in [3.05, 3.63) is 12.8 Å². The van der Waals surface area contributed by atoms with Crippen LogP contribution in [0.25, 0.3) is 0 Å². The Morgan fingerprint density at radius 3 is 1.73 bits per heavy atom. The van der Waals surface area contributed by atoms with Gasteiger partial charge in [0.15, 0.2) is 0 Å². The molecule has 0 unspecified atom stereocenters. The third-order valence-electron chi connectivity index (χ3n) is 0.212. The molecule has 0 aliphatic rings. The topological polar surface area (TPSA) is 124 Å². The van der Waals surface area contributed by atoms with Crippen molar-refractivity contribution in [3.63, 3.8) is 0 Å². The quantitative estimate of drug-likeness (QED) is 0.357. The van der Waals surface area contributed by atoms with E-state index < -0.39 is 16.1 Å². The molecule has 0 saturated heterocycles. The monoisotopic (exact) mass is 206 g/mol. The van der Waals surface area contributed by atoms with Gasteiger partial charge in [0.25, 0.3) is 0 Å². The molecule has 68 valence electrons. The van der Waals surface area contributed by atoms with Crippen LogP contribution in [0, 0.1) is 0 Å². The lowest BCUT2D eigenvalue weighted by Gasteiger charge is -1.96. The molecule has 0 rings (SSSR count). The van der Waals surface area contributed by atoms with Crippen LogP contribution in [0.4, 0.5) is 0 Å². The highest BCUT2D eigenvalue weighted by molar-refractivity contribution is 7.46. The van der Waals surface area contributed by atoms with Gasteiger partial charge in [-0.3, -0.25) is 14.4 Å². The van der Waals surface area contributed by atoms with Gasteiger partial charge in [-0.1, -0.05) is 6.58 Å². The van der Waals surface area contributed by atoms with Crippen molar-refractivity contribution in [2.45, 2.75) is 0 Å². The Labute approximate surface area is 63.1 Å². The van der Waals surface area contributed by atoms with E-state index >= 15 is 0 Å². The lowest BCUT2D eigenvalue weighted by Crippen LogP contribution is -1.75. The predicted octanol–water partition coefficient (Wildman–Crippen LogP) is -0.400. The highest BCUT2D eigenvalue weighted by Gasteiger charge is 2.10. The first kappa shape index (κ1) is 13.4. The largest absolute Gasteiger partial charge is 0.524 e. The Kier molecular flexibility index (Phi) is 7.99. The number of rotatable bonds is 2. The van der Waals surface area contributed by atoms with Crippen LogP contribution in [0.1, 0.15) is 0 Å². The number of hydrogen-bond donors (Lipinski definition) is 4. The fraction of sp³-hybridized carbons (Fsp3) is 0. The first-order valence-corrected chi connectivity index (χ1v) is 4.89. The van der Waals surface area contributed by atoms with Crippen molar-refractivity contribution >= 4 is 16.1 Å². The summed E-state index contributed by atoms with van der Waals surface area (Å²) in [5, 5.41) is 0. The first-order chi connectivity index (χ1) is 4.79. The van der Waals surface area contributed by atoms with Crippen LogP contribution in [-0.4, -0.2) is 19.6 Å². The Balaban J connectivity index is 0. The molecule has 7 nitrogen and oxygen atoms in total. The maximum atomic E-state index is 9.63. The molecule has 0 saturated carbocycles. The van der Waals surface area contributed by atoms with Crippen molar-refractivity contribution in [2.24, 2.45) is 0 Å². The summed E-state index contributed by atoms with van der Waals surface area (Å²) in [5.41, 5.74) is 0. The lowest BCUT2D eigenvalue weighted by atomic mass is 11.2. The van der Waals surface area contributed by atoms with Gasteiger partial charge in [0.1, 0.15) is 0 Å². The SMILES string of the molecule is C=COP(=O)(O)O.O=[PH](O)O. The van der Waals surface area contributed by atoms with Gasteiger partial charge in [0, 0.05) is 0 Å². The standard InChI is InChI=1S/C2H5O4P.H3O3P/c1-2-6-7(3,4)5;1-4(2)3/h2H,1H2,(H2,3,4,5);4H,(H2,1,2,3). The zero-order valence-corrected chi connectivity index (χ0v) is 7.14. The minimum atomic E-state index is -4.28. The molecule has 0 heterocycles. The third-order valence-corrected chi connectivity index (χ3v) is 0.636. The van der Waals surface area contributed by atoms with E-state index in [1.807, 2.05) is 0 Å². The summed E-state index contributed by atoms with van der Waals surface area (Å²) in [7, 11) is -7.41. The molecule has 0 aliphatic carbocycles. The fourth-order valence-corrected chi connectivity index (χ4v) is 0.291. The molecule has 0 amide bonds. The molecule has 0 aromatic heterocycles. The lowest BCUT2D eigenvalue weighted by molar-refractivity contribution is 0.259. The second kappa shape index (κ2) is 6.54. The van der Waals surface area contributed by atoms with Crippen LogP contribution in [0.2, 0.25) is 0 Å². The van der Waals surface area contributed by atoms with E-state index in [1.165, 1.54) is 0 Å². The van der Waals surface area contributed by atoms with Gasteiger partial charge >= 0.3 is 16.1 Å². The molecule has 0 aliphatic heterocycles.